The van der Waals surface area contributed by atoms with Crippen molar-refractivity contribution in [2.75, 3.05) is 18.1 Å². The van der Waals surface area contributed by atoms with Crippen LogP contribution < -0.4 is 0 Å². The first-order valence-electron chi connectivity index (χ1n) is 4.50. The Labute approximate surface area is 99.0 Å². The van der Waals surface area contributed by atoms with Crippen LogP contribution in [0.3, 0.4) is 0 Å². The number of ether oxygens (including phenoxy) is 1. The molecule has 1 aromatic rings. The zero-order chi connectivity index (χ0) is 10.2. The molecule has 0 heterocycles. The van der Waals surface area contributed by atoms with Crippen molar-refractivity contribution in [3.63, 3.8) is 0 Å². The topological polar surface area (TPSA) is 9.23 Å². The van der Waals surface area contributed by atoms with Crippen LogP contribution in [0.15, 0.2) is 24.3 Å². The van der Waals surface area contributed by atoms with Gasteiger partial charge in [0.25, 0.3) is 0 Å². The molecule has 0 aliphatic rings. The van der Waals surface area contributed by atoms with Crippen LogP contribution in [-0.4, -0.2) is 18.1 Å². The molecule has 1 rings (SSSR count). The Bertz CT molecular complexity index is 336. The number of methoxy groups -OCH3 is 1. The standard InChI is InChI=1S/C12H13IO/c1-14-10-8-12-6-3-2-5-11(12)7-4-9-13/h2-3,5-6H,8-10H2,1H3. The molecule has 0 saturated carbocycles. The quantitative estimate of drug-likeness (QED) is 0.474. The molecule has 0 spiro atoms. The van der Waals surface area contributed by atoms with Crippen LogP contribution >= 0.6 is 22.6 Å². The second-order valence-corrected chi connectivity index (χ2v) is 3.60. The smallest absolute Gasteiger partial charge is 0.0613 e. The maximum Gasteiger partial charge on any atom is 0.0613 e. The number of hydrogen-bond donors (Lipinski definition) is 0. The lowest BCUT2D eigenvalue weighted by atomic mass is 10.1. The van der Waals surface area contributed by atoms with Crippen molar-refractivity contribution < 1.29 is 4.74 Å². The van der Waals surface area contributed by atoms with Crippen molar-refractivity contribution in [2.45, 2.75) is 6.42 Å². The van der Waals surface area contributed by atoms with Gasteiger partial charge in [0, 0.05) is 12.7 Å². The van der Waals surface area contributed by atoms with E-state index >= 15 is 0 Å². The van der Waals surface area contributed by atoms with E-state index in [9.17, 15) is 0 Å². The highest BCUT2D eigenvalue weighted by molar-refractivity contribution is 14.1. The summed E-state index contributed by atoms with van der Waals surface area (Å²) < 4.78 is 5.93. The van der Waals surface area contributed by atoms with Gasteiger partial charge in [-0.2, -0.15) is 0 Å². The molecule has 0 amide bonds. The number of alkyl halides is 1. The fourth-order valence-corrected chi connectivity index (χ4v) is 1.39. The van der Waals surface area contributed by atoms with Crippen molar-refractivity contribution in [3.05, 3.63) is 35.4 Å². The Kier molecular flexibility index (Phi) is 5.65. The van der Waals surface area contributed by atoms with Crippen LogP contribution in [0.5, 0.6) is 0 Å². The van der Waals surface area contributed by atoms with Gasteiger partial charge < -0.3 is 4.74 Å². The lowest BCUT2D eigenvalue weighted by molar-refractivity contribution is 0.202. The average Bonchev–Trinajstić information content (AvgIpc) is 2.24. The van der Waals surface area contributed by atoms with E-state index < -0.39 is 0 Å². The maximum absolute atomic E-state index is 5.06. The summed E-state index contributed by atoms with van der Waals surface area (Å²) in [4.78, 5) is 0. The summed E-state index contributed by atoms with van der Waals surface area (Å²) >= 11 is 2.26. The number of halogens is 1. The highest BCUT2D eigenvalue weighted by Gasteiger charge is 1.97. The average molecular weight is 300 g/mol. The highest BCUT2D eigenvalue weighted by Crippen LogP contribution is 2.08. The van der Waals surface area contributed by atoms with Gasteiger partial charge in [-0.05, 0) is 18.1 Å². The Hall–Kier alpha value is -0.530. The molecular weight excluding hydrogens is 287 g/mol. The van der Waals surface area contributed by atoms with Crippen molar-refractivity contribution in [1.29, 1.82) is 0 Å². The van der Waals surface area contributed by atoms with Crippen LogP contribution in [0.4, 0.5) is 0 Å². The lowest BCUT2D eigenvalue weighted by Crippen LogP contribution is -1.96. The van der Waals surface area contributed by atoms with Crippen LogP contribution in [-0.2, 0) is 11.2 Å². The van der Waals surface area contributed by atoms with Crippen LogP contribution in [0.1, 0.15) is 11.1 Å². The van der Waals surface area contributed by atoms with Crippen molar-refractivity contribution in [1.82, 2.24) is 0 Å². The van der Waals surface area contributed by atoms with E-state index in [1.165, 1.54) is 5.56 Å². The summed E-state index contributed by atoms with van der Waals surface area (Å²) in [5.74, 6) is 6.24. The molecule has 0 unspecified atom stereocenters. The van der Waals surface area contributed by atoms with Gasteiger partial charge in [-0.1, -0.05) is 52.6 Å². The zero-order valence-electron chi connectivity index (χ0n) is 8.22. The molecule has 0 aliphatic heterocycles. The Morgan fingerprint density at radius 3 is 2.86 bits per heavy atom. The molecule has 0 aromatic heterocycles. The first-order valence-corrected chi connectivity index (χ1v) is 6.02. The summed E-state index contributed by atoms with van der Waals surface area (Å²) in [7, 11) is 1.72. The summed E-state index contributed by atoms with van der Waals surface area (Å²) in [6, 6.07) is 8.23. The second kappa shape index (κ2) is 6.86. The van der Waals surface area contributed by atoms with Crippen molar-refractivity contribution in [3.8, 4) is 11.8 Å². The Balaban J connectivity index is 2.80. The van der Waals surface area contributed by atoms with Gasteiger partial charge in [0.1, 0.15) is 0 Å². The van der Waals surface area contributed by atoms with Crippen LogP contribution in [0, 0.1) is 11.8 Å². The van der Waals surface area contributed by atoms with Gasteiger partial charge in [0.2, 0.25) is 0 Å². The molecule has 0 atom stereocenters. The number of hydrogen-bond acceptors (Lipinski definition) is 1. The van der Waals surface area contributed by atoms with E-state index in [4.69, 9.17) is 4.74 Å². The van der Waals surface area contributed by atoms with Gasteiger partial charge in [0.05, 0.1) is 11.0 Å². The normalized spacial score (nSPS) is 9.29. The number of rotatable bonds is 3. The van der Waals surface area contributed by atoms with Crippen LogP contribution in [0.25, 0.3) is 0 Å². The third-order valence-corrected chi connectivity index (χ3v) is 2.26. The summed E-state index contributed by atoms with van der Waals surface area (Å²) in [6.07, 6.45) is 0.933. The van der Waals surface area contributed by atoms with E-state index in [0.717, 1.165) is 23.0 Å². The Morgan fingerprint density at radius 2 is 2.14 bits per heavy atom. The second-order valence-electron chi connectivity index (χ2n) is 2.84. The van der Waals surface area contributed by atoms with E-state index in [1.54, 1.807) is 7.11 Å². The molecule has 0 fully saturated rings. The van der Waals surface area contributed by atoms with Gasteiger partial charge in [-0.25, -0.2) is 0 Å². The fraction of sp³-hybridized carbons (Fsp3) is 0.333. The Morgan fingerprint density at radius 1 is 1.36 bits per heavy atom. The van der Waals surface area contributed by atoms with Gasteiger partial charge in [-0.15, -0.1) is 0 Å². The molecule has 0 radical (unpaired) electrons. The molecule has 1 nitrogen and oxygen atoms in total. The molecule has 74 valence electrons. The van der Waals surface area contributed by atoms with Gasteiger partial charge in [-0.3, -0.25) is 0 Å². The molecule has 0 saturated heterocycles. The summed E-state index contributed by atoms with van der Waals surface area (Å²) in [5.41, 5.74) is 2.40. The van der Waals surface area contributed by atoms with E-state index in [1.807, 2.05) is 12.1 Å². The third-order valence-electron chi connectivity index (χ3n) is 1.88. The molecule has 14 heavy (non-hydrogen) atoms. The fourth-order valence-electron chi connectivity index (χ4n) is 1.20. The molecule has 0 bridgehead atoms. The third kappa shape index (κ3) is 3.69. The van der Waals surface area contributed by atoms with Crippen molar-refractivity contribution >= 4 is 22.6 Å². The molecule has 1 aromatic carbocycles. The zero-order valence-corrected chi connectivity index (χ0v) is 10.4. The van der Waals surface area contributed by atoms with Gasteiger partial charge >= 0.3 is 0 Å². The lowest BCUT2D eigenvalue weighted by Gasteiger charge is -2.02. The first-order chi connectivity index (χ1) is 6.88. The van der Waals surface area contributed by atoms with Crippen LogP contribution in [0.2, 0.25) is 0 Å². The molecule has 0 aliphatic carbocycles. The van der Waals surface area contributed by atoms with E-state index in [0.29, 0.717) is 0 Å². The molecule has 2 heteroatoms. The SMILES string of the molecule is COCCc1ccccc1C#CCI. The minimum atomic E-state index is 0.753. The van der Waals surface area contributed by atoms with E-state index in [-0.39, 0.29) is 0 Å². The summed E-state index contributed by atoms with van der Waals surface area (Å²) in [5, 5.41) is 0. The van der Waals surface area contributed by atoms with Gasteiger partial charge in [0.15, 0.2) is 0 Å². The van der Waals surface area contributed by atoms with E-state index in [2.05, 4.69) is 46.6 Å². The minimum absolute atomic E-state index is 0.753. The summed E-state index contributed by atoms with van der Waals surface area (Å²) in [6.45, 7) is 0.753. The maximum atomic E-state index is 5.06. The first kappa shape index (κ1) is 11.5. The molecule has 0 N–H and O–H groups in total. The highest BCUT2D eigenvalue weighted by atomic mass is 127. The number of benzene rings is 1. The largest absolute Gasteiger partial charge is 0.384 e. The molecular formula is C12H13IO. The minimum Gasteiger partial charge on any atom is -0.384 e. The predicted molar refractivity (Wildman–Crippen MR) is 67.8 cm³/mol. The monoisotopic (exact) mass is 300 g/mol. The van der Waals surface area contributed by atoms with Crippen molar-refractivity contribution in [2.24, 2.45) is 0 Å². The predicted octanol–water partition coefficient (Wildman–Crippen LogP) is 2.66.